The zero-order chi connectivity index (χ0) is 11.7. The van der Waals surface area contributed by atoms with E-state index < -0.39 is 6.04 Å². The van der Waals surface area contributed by atoms with E-state index in [-0.39, 0.29) is 11.9 Å². The van der Waals surface area contributed by atoms with Gasteiger partial charge in [0.25, 0.3) is 0 Å². The van der Waals surface area contributed by atoms with Gasteiger partial charge in [-0.1, -0.05) is 0 Å². The number of ether oxygens (including phenoxy) is 1. The quantitative estimate of drug-likeness (QED) is 0.233. The molecular formula is C9H20N4O2. The lowest BCUT2D eigenvalue weighted by molar-refractivity contribution is -0.145. The summed E-state index contributed by atoms with van der Waals surface area (Å²) >= 11 is 0. The molecule has 0 aliphatic carbocycles. The minimum absolute atomic E-state index is 0.251. The van der Waals surface area contributed by atoms with Crippen molar-refractivity contribution in [3.63, 3.8) is 0 Å². The molecule has 0 aliphatic rings. The molecule has 88 valence electrons. The van der Waals surface area contributed by atoms with Gasteiger partial charge in [-0.25, -0.2) is 4.79 Å². The van der Waals surface area contributed by atoms with Crippen LogP contribution in [0.3, 0.4) is 0 Å². The zero-order valence-electron chi connectivity index (χ0n) is 9.32. The van der Waals surface area contributed by atoms with Crippen LogP contribution in [0.4, 0.5) is 0 Å². The van der Waals surface area contributed by atoms with Crippen molar-refractivity contribution in [2.75, 3.05) is 19.7 Å². The van der Waals surface area contributed by atoms with Crippen LogP contribution in [-0.2, 0) is 9.53 Å². The van der Waals surface area contributed by atoms with Gasteiger partial charge in [-0.3, -0.25) is 4.99 Å². The van der Waals surface area contributed by atoms with E-state index in [1.165, 1.54) is 0 Å². The molecule has 0 radical (unpaired) electrons. The first kappa shape index (κ1) is 13.7. The minimum Gasteiger partial charge on any atom is -0.464 e. The maximum Gasteiger partial charge on any atom is 0.328 e. The Kier molecular flexibility index (Phi) is 7.35. The van der Waals surface area contributed by atoms with Crippen molar-refractivity contribution in [1.29, 1.82) is 0 Å². The van der Waals surface area contributed by atoms with E-state index in [9.17, 15) is 4.79 Å². The summed E-state index contributed by atoms with van der Waals surface area (Å²) < 4.78 is 4.93. The third-order valence-electron chi connectivity index (χ3n) is 1.64. The van der Waals surface area contributed by atoms with Crippen LogP contribution in [0.15, 0.2) is 4.99 Å². The first-order valence-electron chi connectivity index (χ1n) is 5.05. The Morgan fingerprint density at radius 1 is 1.60 bits per heavy atom. The van der Waals surface area contributed by atoms with Crippen LogP contribution in [0.2, 0.25) is 0 Å². The molecule has 0 bridgehead atoms. The van der Waals surface area contributed by atoms with Gasteiger partial charge in [-0.2, -0.15) is 0 Å². The van der Waals surface area contributed by atoms with Crippen LogP contribution in [0.25, 0.3) is 0 Å². The van der Waals surface area contributed by atoms with E-state index in [1.54, 1.807) is 6.92 Å². The normalized spacial score (nSPS) is 13.4. The summed E-state index contributed by atoms with van der Waals surface area (Å²) in [6.07, 6.45) is 0.664. The molecule has 1 unspecified atom stereocenters. The zero-order valence-corrected chi connectivity index (χ0v) is 9.32. The summed E-state index contributed by atoms with van der Waals surface area (Å²) in [6, 6.07) is -0.488. The Bertz CT molecular complexity index is 218. The van der Waals surface area contributed by atoms with Gasteiger partial charge in [0, 0.05) is 6.54 Å². The smallest absolute Gasteiger partial charge is 0.328 e. The molecule has 6 heteroatoms. The number of hydrogen-bond donors (Lipinski definition) is 3. The highest BCUT2D eigenvalue weighted by Crippen LogP contribution is 1.89. The molecule has 0 saturated carbocycles. The molecule has 0 rings (SSSR count). The lowest BCUT2D eigenvalue weighted by Gasteiger charge is -2.13. The second-order valence-electron chi connectivity index (χ2n) is 3.04. The molecule has 0 aromatic carbocycles. The number of nitrogens with one attached hydrogen (secondary N) is 1. The van der Waals surface area contributed by atoms with Crippen molar-refractivity contribution in [2.45, 2.75) is 26.3 Å². The summed E-state index contributed by atoms with van der Waals surface area (Å²) in [6.45, 7) is 4.95. The Labute approximate surface area is 90.1 Å². The number of nitrogens with zero attached hydrogens (tertiary/aromatic N) is 1. The van der Waals surface area contributed by atoms with E-state index >= 15 is 0 Å². The number of esters is 1. The van der Waals surface area contributed by atoms with Crippen molar-refractivity contribution in [1.82, 2.24) is 5.32 Å². The number of rotatable bonds is 6. The van der Waals surface area contributed by atoms with E-state index in [4.69, 9.17) is 16.2 Å². The number of guanidine groups is 1. The van der Waals surface area contributed by atoms with Crippen LogP contribution in [0, 0.1) is 0 Å². The second-order valence-corrected chi connectivity index (χ2v) is 3.04. The van der Waals surface area contributed by atoms with E-state index in [0.717, 1.165) is 0 Å². The van der Waals surface area contributed by atoms with Crippen molar-refractivity contribution in [2.24, 2.45) is 16.5 Å². The molecule has 0 saturated heterocycles. The van der Waals surface area contributed by atoms with Gasteiger partial charge in [0.2, 0.25) is 0 Å². The fourth-order valence-corrected chi connectivity index (χ4v) is 0.878. The van der Waals surface area contributed by atoms with Crippen molar-refractivity contribution in [3.05, 3.63) is 0 Å². The van der Waals surface area contributed by atoms with E-state index in [0.29, 0.717) is 26.1 Å². The molecule has 15 heavy (non-hydrogen) atoms. The average Bonchev–Trinajstić information content (AvgIpc) is 2.18. The summed E-state index contributed by atoms with van der Waals surface area (Å²) in [4.78, 5) is 15.2. The number of aliphatic imine (C=N–C) groups is 1. The van der Waals surface area contributed by atoms with Crippen LogP contribution < -0.4 is 16.8 Å². The molecule has 0 spiro atoms. The average molecular weight is 216 g/mol. The van der Waals surface area contributed by atoms with E-state index in [1.807, 2.05) is 6.92 Å². The molecule has 1 atom stereocenters. The summed E-state index contributed by atoms with van der Waals surface area (Å²) in [7, 11) is 0. The van der Waals surface area contributed by atoms with Crippen LogP contribution in [-0.4, -0.2) is 37.7 Å². The molecular weight excluding hydrogens is 196 g/mol. The van der Waals surface area contributed by atoms with Crippen molar-refractivity contribution in [3.8, 4) is 0 Å². The first-order chi connectivity index (χ1) is 7.11. The molecule has 0 fully saturated rings. The van der Waals surface area contributed by atoms with Crippen molar-refractivity contribution >= 4 is 11.9 Å². The second kappa shape index (κ2) is 8.05. The third kappa shape index (κ3) is 6.73. The summed E-state index contributed by atoms with van der Waals surface area (Å²) in [5.74, 6) is -0.0986. The van der Waals surface area contributed by atoms with Gasteiger partial charge in [0.15, 0.2) is 5.96 Å². The topological polar surface area (TPSA) is 103 Å². The molecule has 0 aromatic rings. The SMILES string of the molecule is CCN=C(N)NC(C)C(=O)OCCCN. The molecule has 0 heterocycles. The Morgan fingerprint density at radius 3 is 2.80 bits per heavy atom. The molecule has 0 amide bonds. The maximum atomic E-state index is 11.3. The monoisotopic (exact) mass is 216 g/mol. The Hall–Kier alpha value is -1.30. The Morgan fingerprint density at radius 2 is 2.27 bits per heavy atom. The molecule has 0 aliphatic heterocycles. The number of carbonyl (C=O) groups is 1. The maximum absolute atomic E-state index is 11.3. The summed E-state index contributed by atoms with van der Waals surface area (Å²) in [5.41, 5.74) is 10.8. The highest BCUT2D eigenvalue weighted by atomic mass is 16.5. The van der Waals surface area contributed by atoms with Crippen LogP contribution in [0.1, 0.15) is 20.3 Å². The minimum atomic E-state index is -0.488. The van der Waals surface area contributed by atoms with Gasteiger partial charge >= 0.3 is 5.97 Å². The highest BCUT2D eigenvalue weighted by molar-refractivity contribution is 5.85. The number of nitrogens with two attached hydrogens (primary N) is 2. The van der Waals surface area contributed by atoms with Crippen molar-refractivity contribution < 1.29 is 9.53 Å². The van der Waals surface area contributed by atoms with E-state index in [2.05, 4.69) is 10.3 Å². The predicted octanol–water partition coefficient (Wildman–Crippen LogP) is -0.809. The lowest BCUT2D eigenvalue weighted by Crippen LogP contribution is -2.43. The van der Waals surface area contributed by atoms with Gasteiger partial charge < -0.3 is 21.5 Å². The highest BCUT2D eigenvalue weighted by Gasteiger charge is 2.14. The molecule has 5 N–H and O–H groups in total. The fraction of sp³-hybridized carbons (Fsp3) is 0.778. The number of carbonyl (C=O) groups excluding carboxylic acids is 1. The third-order valence-corrected chi connectivity index (χ3v) is 1.64. The van der Waals surface area contributed by atoms with Gasteiger partial charge in [-0.15, -0.1) is 0 Å². The Balaban J connectivity index is 3.83. The lowest BCUT2D eigenvalue weighted by atomic mass is 10.3. The van der Waals surface area contributed by atoms with Crippen LogP contribution >= 0.6 is 0 Å². The van der Waals surface area contributed by atoms with Gasteiger partial charge in [0.1, 0.15) is 6.04 Å². The first-order valence-corrected chi connectivity index (χ1v) is 5.05. The summed E-state index contributed by atoms with van der Waals surface area (Å²) in [5, 5.41) is 2.73. The molecule has 6 nitrogen and oxygen atoms in total. The standard InChI is InChI=1S/C9H20N4O2/c1-3-12-9(11)13-7(2)8(14)15-6-4-5-10/h7H,3-6,10H2,1-2H3,(H3,11,12,13). The van der Waals surface area contributed by atoms with Gasteiger partial charge in [-0.05, 0) is 26.8 Å². The number of hydrogen-bond acceptors (Lipinski definition) is 4. The predicted molar refractivity (Wildman–Crippen MR) is 59.4 cm³/mol. The largest absolute Gasteiger partial charge is 0.464 e. The van der Waals surface area contributed by atoms with Gasteiger partial charge in [0.05, 0.1) is 6.61 Å². The fourth-order valence-electron chi connectivity index (χ4n) is 0.878. The molecule has 0 aromatic heterocycles. The van der Waals surface area contributed by atoms with Crippen LogP contribution in [0.5, 0.6) is 0 Å².